The highest BCUT2D eigenvalue weighted by Crippen LogP contribution is 2.42. The summed E-state index contributed by atoms with van der Waals surface area (Å²) in [5, 5.41) is 22.8. The van der Waals surface area contributed by atoms with Gasteiger partial charge in [0.1, 0.15) is 11.4 Å². The van der Waals surface area contributed by atoms with Gasteiger partial charge in [0, 0.05) is 94.3 Å². The number of aromatic carboxylic acids is 1. The molecule has 2 saturated heterocycles. The van der Waals surface area contributed by atoms with Crippen LogP contribution in [0.3, 0.4) is 0 Å². The highest BCUT2D eigenvalue weighted by Gasteiger charge is 2.29. The lowest BCUT2D eigenvalue weighted by molar-refractivity contribution is -0.138. The van der Waals surface area contributed by atoms with Crippen LogP contribution in [0, 0.1) is 19.8 Å². The van der Waals surface area contributed by atoms with Crippen molar-refractivity contribution in [3.63, 3.8) is 0 Å². The number of benzene rings is 3. The number of carboxylic acids is 1. The first-order valence-electron chi connectivity index (χ1n) is 20.3. The summed E-state index contributed by atoms with van der Waals surface area (Å²) in [6.07, 6.45) is 3.59. The Labute approximate surface area is 350 Å². The Hall–Kier alpha value is -4.43. The molecule has 5 aromatic rings. The van der Waals surface area contributed by atoms with E-state index in [1.54, 1.807) is 0 Å². The maximum absolute atomic E-state index is 13.2. The number of nitrogens with one attached hydrogen (secondary N) is 1. The number of hydrogen-bond donors (Lipinski definition) is 2. The van der Waals surface area contributed by atoms with Gasteiger partial charge in [-0.25, -0.2) is 4.79 Å². The maximum Gasteiger partial charge on any atom is 0.352 e. The molecular formula is C45H58ClF3N6O4. The topological polar surface area (TPSA) is 105 Å². The van der Waals surface area contributed by atoms with Crippen molar-refractivity contribution in [2.75, 3.05) is 66.1 Å². The molecule has 2 aromatic heterocycles. The van der Waals surface area contributed by atoms with Crippen LogP contribution in [0.15, 0.2) is 54.6 Å². The summed E-state index contributed by atoms with van der Waals surface area (Å²) in [6.45, 7) is 15.0. The fourth-order valence-corrected chi connectivity index (χ4v) is 8.48. The van der Waals surface area contributed by atoms with Gasteiger partial charge < -0.3 is 29.5 Å². The minimum Gasteiger partial charge on any atom is -0.493 e. The molecular weight excluding hydrogens is 781 g/mol. The number of aromatic nitrogens is 3. The molecule has 7 rings (SSSR count). The van der Waals surface area contributed by atoms with Gasteiger partial charge in [-0.1, -0.05) is 54.1 Å². The molecule has 2 aliphatic rings. The summed E-state index contributed by atoms with van der Waals surface area (Å²) in [5.41, 5.74) is 5.77. The zero-order valence-electron chi connectivity index (χ0n) is 35.1. The lowest BCUT2D eigenvalue weighted by atomic mass is 9.96. The number of ether oxygens (including phenoxy) is 1. The molecule has 2 aliphatic heterocycles. The molecule has 0 unspecified atom stereocenters. The number of ketones is 1. The van der Waals surface area contributed by atoms with Crippen LogP contribution in [-0.2, 0) is 24.8 Å². The van der Waals surface area contributed by atoms with Gasteiger partial charge in [-0.3, -0.25) is 13.9 Å². The molecule has 2 N–H and O–H groups in total. The number of hydrogen-bond acceptors (Lipinski definition) is 7. The normalized spacial score (nSPS) is 15.4. The molecule has 0 radical (unpaired) electrons. The lowest BCUT2D eigenvalue weighted by Gasteiger charge is -2.36. The Morgan fingerprint density at radius 1 is 0.932 bits per heavy atom. The monoisotopic (exact) mass is 838 g/mol. The van der Waals surface area contributed by atoms with E-state index in [2.05, 4.69) is 33.3 Å². The minimum absolute atomic E-state index is 0.349. The molecule has 4 heterocycles. The lowest BCUT2D eigenvalue weighted by Crippen LogP contribution is -2.47. The molecule has 3 aromatic carbocycles. The van der Waals surface area contributed by atoms with Gasteiger partial charge >= 0.3 is 11.9 Å². The van der Waals surface area contributed by atoms with Crippen molar-refractivity contribution in [3.8, 4) is 16.9 Å². The Morgan fingerprint density at radius 2 is 1.59 bits per heavy atom. The van der Waals surface area contributed by atoms with Gasteiger partial charge in [-0.2, -0.15) is 13.9 Å². The second kappa shape index (κ2) is 20.7. The summed E-state index contributed by atoms with van der Waals surface area (Å²) in [5.74, 6) is -3.58. The van der Waals surface area contributed by atoms with E-state index >= 15 is 0 Å². The van der Waals surface area contributed by atoms with Crippen LogP contribution in [0.4, 0.5) is 13.2 Å². The van der Waals surface area contributed by atoms with E-state index in [0.29, 0.717) is 50.8 Å². The van der Waals surface area contributed by atoms with Gasteiger partial charge in [-0.05, 0) is 81.6 Å². The SMILES string of the molecule is CC(=O)C(C)(F)F.CF.Cc1nn(C)c(C)c1-c1c(Cl)ccc2c(CCCOc3cccc4ccccc34)c(C(=O)O)n(CCN3CCC(CN4CCNCC4)CC3)c12. The Balaban J connectivity index is 0.000000667. The number of alkyl halides is 3. The number of carbonyl (C=O) groups excluding carboxylic acids is 1. The number of halogens is 4. The highest BCUT2D eigenvalue weighted by atomic mass is 35.5. The minimum atomic E-state index is -3.14. The second-order valence-corrected chi connectivity index (χ2v) is 15.9. The third-order valence-electron chi connectivity index (χ3n) is 11.5. The molecule has 0 bridgehead atoms. The molecule has 0 atom stereocenters. The van der Waals surface area contributed by atoms with Gasteiger partial charge in [0.05, 0.1) is 30.0 Å². The van der Waals surface area contributed by atoms with Crippen LogP contribution in [0.1, 0.15) is 60.5 Å². The first-order chi connectivity index (χ1) is 28.2. The molecule has 0 spiro atoms. The zero-order chi connectivity index (χ0) is 42.9. The number of carbonyl (C=O) groups is 2. The van der Waals surface area contributed by atoms with Crippen molar-refractivity contribution in [3.05, 3.63) is 82.3 Å². The van der Waals surface area contributed by atoms with Crippen LogP contribution in [-0.4, -0.2) is 113 Å². The van der Waals surface area contributed by atoms with Gasteiger partial charge in [-0.15, -0.1) is 0 Å². The first-order valence-corrected chi connectivity index (χ1v) is 20.7. The molecule has 0 amide bonds. The van der Waals surface area contributed by atoms with Crippen LogP contribution < -0.4 is 10.1 Å². The number of carboxylic acid groups (broad SMARTS) is 1. The van der Waals surface area contributed by atoms with Crippen molar-refractivity contribution in [1.82, 2.24) is 29.5 Å². The van der Waals surface area contributed by atoms with Crippen molar-refractivity contribution < 1.29 is 32.6 Å². The fraction of sp³-hybridized carbons (Fsp3) is 0.489. The van der Waals surface area contributed by atoms with Crippen molar-refractivity contribution in [2.24, 2.45) is 13.0 Å². The summed E-state index contributed by atoms with van der Waals surface area (Å²) in [6, 6.07) is 18.2. The van der Waals surface area contributed by atoms with Crippen molar-refractivity contribution in [1.29, 1.82) is 0 Å². The molecule has 2 fully saturated rings. The molecule has 0 aliphatic carbocycles. The predicted octanol–water partition coefficient (Wildman–Crippen LogP) is 8.61. The fourth-order valence-electron chi connectivity index (χ4n) is 8.23. The largest absolute Gasteiger partial charge is 0.493 e. The van der Waals surface area contributed by atoms with Gasteiger partial charge in [0.25, 0.3) is 0 Å². The van der Waals surface area contributed by atoms with Gasteiger partial charge in [0.15, 0.2) is 5.78 Å². The Bertz CT molecular complexity index is 2200. The first kappa shape index (κ1) is 45.7. The molecule has 320 valence electrons. The van der Waals surface area contributed by atoms with E-state index in [-0.39, 0.29) is 0 Å². The number of rotatable bonds is 13. The predicted molar refractivity (Wildman–Crippen MR) is 230 cm³/mol. The highest BCUT2D eigenvalue weighted by molar-refractivity contribution is 6.35. The Kier molecular flexibility index (Phi) is 16.0. The second-order valence-electron chi connectivity index (χ2n) is 15.5. The quantitative estimate of drug-likeness (QED) is 0.114. The third-order valence-corrected chi connectivity index (χ3v) is 11.8. The van der Waals surface area contributed by atoms with E-state index in [1.807, 2.05) is 66.5 Å². The Morgan fingerprint density at radius 3 is 2.22 bits per heavy atom. The average molecular weight is 839 g/mol. The number of fused-ring (bicyclic) bond motifs is 2. The molecule has 14 heteroatoms. The summed E-state index contributed by atoms with van der Waals surface area (Å²) in [4.78, 5) is 28.1. The van der Waals surface area contributed by atoms with Crippen molar-refractivity contribution >= 4 is 45.0 Å². The van der Waals surface area contributed by atoms with E-state index in [1.165, 1.54) is 19.4 Å². The van der Waals surface area contributed by atoms with Crippen LogP contribution in [0.25, 0.3) is 32.8 Å². The number of aryl methyl sites for hydroxylation is 3. The standard InChI is InChI=1S/C40H49ClN6O3.C4H6F2O.CH3F/c1-27-36(28(2)44(3)43-27)37-34(41)14-13-33-32(11-7-25-50-35-12-6-9-30-8-4-5-10-31(30)35)39(40(48)49)47(38(33)37)24-23-45-19-15-29(16-20-45)26-46-21-17-42-18-22-46;1-3(7)4(2,5)6;1-2/h4-6,8-10,12-14,29,42H,7,11,15-26H2,1-3H3,(H,48,49);1-2H3;1H3. The number of likely N-dealkylation sites (tertiary alicyclic amines) is 1. The van der Waals surface area contributed by atoms with E-state index < -0.39 is 17.7 Å². The molecule has 10 nitrogen and oxygen atoms in total. The van der Waals surface area contributed by atoms with Crippen LogP contribution >= 0.6 is 11.6 Å². The maximum atomic E-state index is 13.2. The summed E-state index contributed by atoms with van der Waals surface area (Å²) >= 11 is 7.06. The number of Topliss-reactive ketones (excluding diaryl/α,β-unsaturated/α-hetero) is 1. The number of piperazine rings is 1. The number of piperidine rings is 1. The average Bonchev–Trinajstić information content (AvgIpc) is 3.67. The summed E-state index contributed by atoms with van der Waals surface area (Å²) < 4.78 is 42.7. The zero-order valence-corrected chi connectivity index (χ0v) is 35.8. The summed E-state index contributed by atoms with van der Waals surface area (Å²) in [7, 11) is 2.44. The molecule has 0 saturated carbocycles. The smallest absolute Gasteiger partial charge is 0.352 e. The number of nitrogens with zero attached hydrogens (tertiary/aromatic N) is 5. The van der Waals surface area contributed by atoms with E-state index in [4.69, 9.17) is 21.4 Å². The third kappa shape index (κ3) is 11.0. The van der Waals surface area contributed by atoms with E-state index in [0.717, 1.165) is 114 Å². The van der Waals surface area contributed by atoms with Crippen LogP contribution in [0.5, 0.6) is 5.75 Å². The van der Waals surface area contributed by atoms with Crippen LogP contribution in [0.2, 0.25) is 5.02 Å². The van der Waals surface area contributed by atoms with Crippen molar-refractivity contribution in [2.45, 2.75) is 65.8 Å². The van der Waals surface area contributed by atoms with E-state index in [9.17, 15) is 27.9 Å². The molecule has 59 heavy (non-hydrogen) atoms. The van der Waals surface area contributed by atoms with Gasteiger partial charge in [0.2, 0.25) is 0 Å².